The SMILES string of the molecule is COc1c(C)c(Br)cc(C)c1CCN. The second kappa shape index (κ2) is 4.80. The summed E-state index contributed by atoms with van der Waals surface area (Å²) in [6, 6.07) is 2.11. The van der Waals surface area contributed by atoms with Crippen LogP contribution in [0.25, 0.3) is 0 Å². The second-order valence-electron chi connectivity index (χ2n) is 3.35. The number of halogens is 1. The Kier molecular flexibility index (Phi) is 3.96. The number of ether oxygens (including phenoxy) is 1. The van der Waals surface area contributed by atoms with Gasteiger partial charge in [-0.1, -0.05) is 15.9 Å². The van der Waals surface area contributed by atoms with E-state index in [0.29, 0.717) is 6.54 Å². The van der Waals surface area contributed by atoms with Crippen molar-refractivity contribution in [2.45, 2.75) is 20.3 Å². The molecule has 1 aromatic carbocycles. The predicted molar refractivity (Wildman–Crippen MR) is 62.9 cm³/mol. The molecule has 0 saturated carbocycles. The zero-order chi connectivity index (χ0) is 10.7. The van der Waals surface area contributed by atoms with Crippen molar-refractivity contribution in [3.05, 3.63) is 27.2 Å². The van der Waals surface area contributed by atoms with E-state index in [1.807, 2.05) is 6.92 Å². The molecule has 0 aliphatic carbocycles. The van der Waals surface area contributed by atoms with Gasteiger partial charge >= 0.3 is 0 Å². The lowest BCUT2D eigenvalue weighted by molar-refractivity contribution is 0.405. The number of hydrogen-bond donors (Lipinski definition) is 1. The molecular weight excluding hydrogens is 242 g/mol. The van der Waals surface area contributed by atoms with Crippen LogP contribution < -0.4 is 10.5 Å². The van der Waals surface area contributed by atoms with Gasteiger partial charge in [0.1, 0.15) is 5.75 Å². The number of aryl methyl sites for hydroxylation is 1. The highest BCUT2D eigenvalue weighted by molar-refractivity contribution is 9.10. The lowest BCUT2D eigenvalue weighted by Gasteiger charge is -2.15. The molecule has 14 heavy (non-hydrogen) atoms. The Morgan fingerprint density at radius 2 is 2.07 bits per heavy atom. The van der Waals surface area contributed by atoms with E-state index >= 15 is 0 Å². The van der Waals surface area contributed by atoms with Crippen LogP contribution in [0.2, 0.25) is 0 Å². The smallest absolute Gasteiger partial charge is 0.126 e. The van der Waals surface area contributed by atoms with Gasteiger partial charge in [-0.25, -0.2) is 0 Å². The van der Waals surface area contributed by atoms with Crippen LogP contribution in [-0.2, 0) is 6.42 Å². The van der Waals surface area contributed by atoms with Crippen LogP contribution in [0.3, 0.4) is 0 Å². The minimum Gasteiger partial charge on any atom is -0.496 e. The molecule has 0 spiro atoms. The minimum atomic E-state index is 0.651. The minimum absolute atomic E-state index is 0.651. The van der Waals surface area contributed by atoms with Crippen molar-refractivity contribution in [2.24, 2.45) is 5.73 Å². The van der Waals surface area contributed by atoms with E-state index in [0.717, 1.165) is 22.2 Å². The molecule has 78 valence electrons. The summed E-state index contributed by atoms with van der Waals surface area (Å²) in [7, 11) is 1.70. The van der Waals surface area contributed by atoms with Crippen molar-refractivity contribution in [1.29, 1.82) is 0 Å². The van der Waals surface area contributed by atoms with Crippen molar-refractivity contribution in [1.82, 2.24) is 0 Å². The number of hydrogen-bond acceptors (Lipinski definition) is 2. The Morgan fingerprint density at radius 3 is 2.57 bits per heavy atom. The second-order valence-corrected chi connectivity index (χ2v) is 4.21. The third-order valence-corrected chi connectivity index (χ3v) is 3.21. The van der Waals surface area contributed by atoms with Gasteiger partial charge in [0.15, 0.2) is 0 Å². The molecule has 0 aliphatic rings. The highest BCUT2D eigenvalue weighted by Crippen LogP contribution is 2.32. The normalized spacial score (nSPS) is 10.4. The largest absolute Gasteiger partial charge is 0.496 e. The summed E-state index contributed by atoms with van der Waals surface area (Å²) in [6.45, 7) is 4.78. The quantitative estimate of drug-likeness (QED) is 0.904. The van der Waals surface area contributed by atoms with Gasteiger partial charge in [-0.15, -0.1) is 0 Å². The molecule has 0 saturated heterocycles. The molecule has 0 atom stereocenters. The van der Waals surface area contributed by atoms with Gasteiger partial charge in [0.25, 0.3) is 0 Å². The first-order valence-electron chi connectivity index (χ1n) is 4.64. The first-order chi connectivity index (χ1) is 6.61. The molecule has 0 heterocycles. The van der Waals surface area contributed by atoms with Crippen LogP contribution in [0.1, 0.15) is 16.7 Å². The van der Waals surface area contributed by atoms with E-state index in [4.69, 9.17) is 10.5 Å². The van der Waals surface area contributed by atoms with E-state index < -0.39 is 0 Å². The summed E-state index contributed by atoms with van der Waals surface area (Å²) in [5.41, 5.74) is 9.16. The van der Waals surface area contributed by atoms with Crippen LogP contribution >= 0.6 is 15.9 Å². The van der Waals surface area contributed by atoms with Gasteiger partial charge in [0, 0.05) is 10.0 Å². The maximum Gasteiger partial charge on any atom is 0.126 e. The molecule has 1 aromatic rings. The Morgan fingerprint density at radius 1 is 1.43 bits per heavy atom. The number of methoxy groups -OCH3 is 1. The molecule has 3 heteroatoms. The van der Waals surface area contributed by atoms with Crippen molar-refractivity contribution < 1.29 is 4.74 Å². The zero-order valence-corrected chi connectivity index (χ0v) is 10.4. The average molecular weight is 258 g/mol. The van der Waals surface area contributed by atoms with Crippen LogP contribution in [0.4, 0.5) is 0 Å². The summed E-state index contributed by atoms with van der Waals surface area (Å²) < 4.78 is 6.50. The fourth-order valence-electron chi connectivity index (χ4n) is 1.63. The fraction of sp³-hybridized carbons (Fsp3) is 0.455. The molecule has 1 rings (SSSR count). The standard InChI is InChI=1S/C11H16BrNO/c1-7-6-10(12)8(2)11(14-3)9(7)4-5-13/h6H,4-5,13H2,1-3H3. The zero-order valence-electron chi connectivity index (χ0n) is 8.86. The Labute approximate surface area is 93.6 Å². The maximum atomic E-state index is 5.57. The number of benzene rings is 1. The van der Waals surface area contributed by atoms with Gasteiger partial charge in [0.05, 0.1) is 7.11 Å². The van der Waals surface area contributed by atoms with Crippen LogP contribution in [0, 0.1) is 13.8 Å². The Hall–Kier alpha value is -0.540. The molecule has 2 N–H and O–H groups in total. The van der Waals surface area contributed by atoms with Crippen molar-refractivity contribution in [2.75, 3.05) is 13.7 Å². The molecule has 0 radical (unpaired) electrons. The first kappa shape index (κ1) is 11.5. The van der Waals surface area contributed by atoms with E-state index in [9.17, 15) is 0 Å². The lowest BCUT2D eigenvalue weighted by atomic mass is 10.0. The van der Waals surface area contributed by atoms with Crippen molar-refractivity contribution >= 4 is 15.9 Å². The summed E-state index contributed by atoms with van der Waals surface area (Å²) in [5, 5.41) is 0. The van der Waals surface area contributed by atoms with Crippen molar-refractivity contribution in [3.8, 4) is 5.75 Å². The first-order valence-corrected chi connectivity index (χ1v) is 5.43. The van der Waals surface area contributed by atoms with Gasteiger partial charge in [0.2, 0.25) is 0 Å². The van der Waals surface area contributed by atoms with Crippen molar-refractivity contribution in [3.63, 3.8) is 0 Å². The molecule has 2 nitrogen and oxygen atoms in total. The highest BCUT2D eigenvalue weighted by atomic mass is 79.9. The summed E-state index contributed by atoms with van der Waals surface area (Å²) in [6.07, 6.45) is 0.864. The average Bonchev–Trinajstić information content (AvgIpc) is 2.15. The third kappa shape index (κ3) is 2.10. The van der Waals surface area contributed by atoms with E-state index in [1.54, 1.807) is 7.11 Å². The van der Waals surface area contributed by atoms with Crippen LogP contribution in [-0.4, -0.2) is 13.7 Å². The molecule has 0 aromatic heterocycles. The topological polar surface area (TPSA) is 35.2 Å². The molecule has 0 bridgehead atoms. The van der Waals surface area contributed by atoms with E-state index in [2.05, 4.69) is 28.9 Å². The van der Waals surface area contributed by atoms with E-state index in [1.165, 1.54) is 11.1 Å². The molecule has 0 amide bonds. The highest BCUT2D eigenvalue weighted by Gasteiger charge is 2.11. The third-order valence-electron chi connectivity index (χ3n) is 2.39. The summed E-state index contributed by atoms with van der Waals surface area (Å²) in [5.74, 6) is 0.960. The summed E-state index contributed by atoms with van der Waals surface area (Å²) in [4.78, 5) is 0. The van der Waals surface area contributed by atoms with Crippen LogP contribution in [0.15, 0.2) is 10.5 Å². The summed E-state index contributed by atoms with van der Waals surface area (Å²) >= 11 is 3.51. The molecule has 0 unspecified atom stereocenters. The molecule has 0 aliphatic heterocycles. The predicted octanol–water partition coefficient (Wildman–Crippen LogP) is 2.58. The van der Waals surface area contributed by atoms with E-state index in [-0.39, 0.29) is 0 Å². The van der Waals surface area contributed by atoms with Crippen LogP contribution in [0.5, 0.6) is 5.75 Å². The fourth-order valence-corrected chi connectivity index (χ4v) is 2.15. The Balaban J connectivity index is 3.31. The van der Waals surface area contributed by atoms with Gasteiger partial charge in [-0.2, -0.15) is 0 Å². The van der Waals surface area contributed by atoms with Gasteiger partial charge < -0.3 is 10.5 Å². The number of nitrogens with two attached hydrogens (primary N) is 1. The lowest BCUT2D eigenvalue weighted by Crippen LogP contribution is -2.07. The van der Waals surface area contributed by atoms with Gasteiger partial charge in [-0.3, -0.25) is 0 Å². The molecule has 0 fully saturated rings. The monoisotopic (exact) mass is 257 g/mol. The maximum absolute atomic E-state index is 5.57. The number of rotatable bonds is 3. The molecular formula is C11H16BrNO. The van der Waals surface area contributed by atoms with Gasteiger partial charge in [-0.05, 0) is 44.0 Å². The Bertz CT molecular complexity index is 337.